The van der Waals surface area contributed by atoms with Gasteiger partial charge in [-0.1, -0.05) is 13.3 Å². The fourth-order valence-corrected chi connectivity index (χ4v) is 2.63. The van der Waals surface area contributed by atoms with Crippen molar-refractivity contribution in [3.63, 3.8) is 0 Å². The second-order valence-corrected chi connectivity index (χ2v) is 5.31. The first-order valence-electron chi connectivity index (χ1n) is 7.25. The highest BCUT2D eigenvalue weighted by Crippen LogP contribution is 2.13. The lowest BCUT2D eigenvalue weighted by molar-refractivity contribution is 0.0731. The number of rotatable bonds is 5. The standard InChI is InChI=1S/C14H24N4O/c1-3-8-18(10-12-6-4-5-7-15-12)14(19)13-9-16-17-11(13)2/h9,12,15H,3-8,10H2,1-2H3,(H,16,17). The average molecular weight is 264 g/mol. The number of amides is 1. The third-order valence-corrected chi connectivity index (χ3v) is 3.69. The van der Waals surface area contributed by atoms with E-state index in [9.17, 15) is 4.79 Å². The van der Waals surface area contributed by atoms with E-state index in [-0.39, 0.29) is 5.91 Å². The molecule has 1 saturated heterocycles. The topological polar surface area (TPSA) is 61.0 Å². The lowest BCUT2D eigenvalue weighted by atomic mass is 10.0. The number of nitrogens with zero attached hydrogens (tertiary/aromatic N) is 2. The van der Waals surface area contributed by atoms with Gasteiger partial charge in [0.25, 0.3) is 5.91 Å². The largest absolute Gasteiger partial charge is 0.337 e. The summed E-state index contributed by atoms with van der Waals surface area (Å²) in [4.78, 5) is 14.5. The average Bonchev–Trinajstić information content (AvgIpc) is 2.85. The smallest absolute Gasteiger partial charge is 0.257 e. The Morgan fingerprint density at radius 3 is 2.95 bits per heavy atom. The maximum absolute atomic E-state index is 12.5. The molecule has 1 fully saturated rings. The maximum atomic E-state index is 12.5. The van der Waals surface area contributed by atoms with Gasteiger partial charge in [0.05, 0.1) is 11.8 Å². The summed E-state index contributed by atoms with van der Waals surface area (Å²) in [5.41, 5.74) is 1.55. The van der Waals surface area contributed by atoms with Crippen LogP contribution < -0.4 is 5.32 Å². The molecule has 5 nitrogen and oxygen atoms in total. The van der Waals surface area contributed by atoms with Crippen LogP contribution in [-0.2, 0) is 0 Å². The Bertz CT molecular complexity index is 409. The van der Waals surface area contributed by atoms with Gasteiger partial charge in [-0.25, -0.2) is 0 Å². The third-order valence-electron chi connectivity index (χ3n) is 3.69. The van der Waals surface area contributed by atoms with Gasteiger partial charge in [-0.3, -0.25) is 9.89 Å². The number of aromatic nitrogens is 2. The molecule has 1 aliphatic rings. The SMILES string of the molecule is CCCN(CC1CCCCN1)C(=O)c1cn[nH]c1C. The second kappa shape index (κ2) is 6.70. The highest BCUT2D eigenvalue weighted by Gasteiger charge is 2.22. The molecular formula is C14H24N4O. The van der Waals surface area contributed by atoms with Crippen molar-refractivity contribution in [3.8, 4) is 0 Å². The molecule has 0 aromatic carbocycles. The first kappa shape index (κ1) is 14.1. The van der Waals surface area contributed by atoms with Crippen LogP contribution in [0.2, 0.25) is 0 Å². The predicted octanol–water partition coefficient (Wildman–Crippen LogP) is 1.71. The van der Waals surface area contributed by atoms with E-state index in [4.69, 9.17) is 0 Å². The van der Waals surface area contributed by atoms with Crippen LogP contribution in [0.1, 0.15) is 48.7 Å². The maximum Gasteiger partial charge on any atom is 0.257 e. The summed E-state index contributed by atoms with van der Waals surface area (Å²) < 4.78 is 0. The fourth-order valence-electron chi connectivity index (χ4n) is 2.63. The van der Waals surface area contributed by atoms with E-state index in [1.165, 1.54) is 12.8 Å². The van der Waals surface area contributed by atoms with E-state index >= 15 is 0 Å². The molecule has 0 spiro atoms. The summed E-state index contributed by atoms with van der Waals surface area (Å²) in [6, 6.07) is 0.441. The molecule has 1 amide bonds. The van der Waals surface area contributed by atoms with Crippen LogP contribution in [0.25, 0.3) is 0 Å². The number of carbonyl (C=O) groups excluding carboxylic acids is 1. The number of carbonyl (C=O) groups is 1. The molecule has 5 heteroatoms. The minimum atomic E-state index is 0.0977. The molecule has 19 heavy (non-hydrogen) atoms. The van der Waals surface area contributed by atoms with Crippen molar-refractivity contribution in [2.75, 3.05) is 19.6 Å². The lowest BCUT2D eigenvalue weighted by Gasteiger charge is -2.30. The van der Waals surface area contributed by atoms with Gasteiger partial charge in [0.1, 0.15) is 0 Å². The van der Waals surface area contributed by atoms with Gasteiger partial charge in [0.15, 0.2) is 0 Å². The van der Waals surface area contributed by atoms with Gasteiger partial charge in [-0.05, 0) is 32.7 Å². The van der Waals surface area contributed by atoms with Gasteiger partial charge in [0.2, 0.25) is 0 Å². The molecule has 1 aromatic rings. The van der Waals surface area contributed by atoms with Crippen LogP contribution in [0.4, 0.5) is 0 Å². The van der Waals surface area contributed by atoms with Crippen molar-refractivity contribution in [2.24, 2.45) is 0 Å². The minimum absolute atomic E-state index is 0.0977. The van der Waals surface area contributed by atoms with Crippen molar-refractivity contribution >= 4 is 5.91 Å². The molecule has 1 unspecified atom stereocenters. The minimum Gasteiger partial charge on any atom is -0.337 e. The quantitative estimate of drug-likeness (QED) is 0.851. The van der Waals surface area contributed by atoms with Crippen molar-refractivity contribution in [1.29, 1.82) is 0 Å². The lowest BCUT2D eigenvalue weighted by Crippen LogP contribution is -2.46. The summed E-state index contributed by atoms with van der Waals surface area (Å²) in [5.74, 6) is 0.0977. The zero-order valence-electron chi connectivity index (χ0n) is 11.9. The van der Waals surface area contributed by atoms with Crippen molar-refractivity contribution in [1.82, 2.24) is 20.4 Å². The Hall–Kier alpha value is -1.36. The van der Waals surface area contributed by atoms with Crippen LogP contribution in [0.3, 0.4) is 0 Å². The number of piperidine rings is 1. The Labute approximate surface area is 114 Å². The molecule has 2 N–H and O–H groups in total. The Morgan fingerprint density at radius 1 is 1.53 bits per heavy atom. The molecule has 2 rings (SSSR count). The summed E-state index contributed by atoms with van der Waals surface area (Å²) in [6.07, 6.45) is 6.29. The monoisotopic (exact) mass is 264 g/mol. The predicted molar refractivity (Wildman–Crippen MR) is 75.2 cm³/mol. The molecule has 1 atom stereocenters. The van der Waals surface area contributed by atoms with E-state index < -0.39 is 0 Å². The number of nitrogens with one attached hydrogen (secondary N) is 2. The van der Waals surface area contributed by atoms with Gasteiger partial charge >= 0.3 is 0 Å². The van der Waals surface area contributed by atoms with Crippen LogP contribution in [-0.4, -0.2) is 46.7 Å². The molecule has 0 saturated carbocycles. The zero-order chi connectivity index (χ0) is 13.7. The Kier molecular flexibility index (Phi) is 4.96. The van der Waals surface area contributed by atoms with Crippen molar-refractivity contribution in [2.45, 2.75) is 45.6 Å². The molecule has 106 valence electrons. The van der Waals surface area contributed by atoms with E-state index in [0.717, 1.165) is 38.2 Å². The summed E-state index contributed by atoms with van der Waals surface area (Å²) >= 11 is 0. The highest BCUT2D eigenvalue weighted by atomic mass is 16.2. The number of aryl methyl sites for hydroxylation is 1. The van der Waals surface area contributed by atoms with Crippen LogP contribution in [0, 0.1) is 6.92 Å². The number of hydrogen-bond acceptors (Lipinski definition) is 3. The van der Waals surface area contributed by atoms with E-state index in [2.05, 4.69) is 22.4 Å². The molecule has 0 bridgehead atoms. The van der Waals surface area contributed by atoms with E-state index in [1.54, 1.807) is 6.20 Å². The van der Waals surface area contributed by atoms with Gasteiger partial charge in [0, 0.05) is 24.8 Å². The highest BCUT2D eigenvalue weighted by molar-refractivity contribution is 5.95. The molecular weight excluding hydrogens is 240 g/mol. The van der Waals surface area contributed by atoms with E-state index in [0.29, 0.717) is 11.6 Å². The molecule has 1 aliphatic heterocycles. The van der Waals surface area contributed by atoms with Crippen LogP contribution >= 0.6 is 0 Å². The normalized spacial score (nSPS) is 19.4. The summed E-state index contributed by atoms with van der Waals surface area (Å²) in [6.45, 7) is 6.68. The molecule has 1 aromatic heterocycles. The molecule has 2 heterocycles. The van der Waals surface area contributed by atoms with E-state index in [1.807, 2.05) is 11.8 Å². The van der Waals surface area contributed by atoms with Crippen LogP contribution in [0.5, 0.6) is 0 Å². The van der Waals surface area contributed by atoms with Crippen molar-refractivity contribution in [3.05, 3.63) is 17.5 Å². The molecule has 0 aliphatic carbocycles. The second-order valence-electron chi connectivity index (χ2n) is 5.31. The number of H-pyrrole nitrogens is 1. The first-order valence-corrected chi connectivity index (χ1v) is 7.25. The van der Waals surface area contributed by atoms with Crippen LogP contribution in [0.15, 0.2) is 6.20 Å². The molecule has 0 radical (unpaired) electrons. The van der Waals surface area contributed by atoms with Gasteiger partial charge in [-0.2, -0.15) is 5.10 Å². The van der Waals surface area contributed by atoms with Crippen molar-refractivity contribution < 1.29 is 4.79 Å². The summed E-state index contributed by atoms with van der Waals surface area (Å²) in [7, 11) is 0. The number of aromatic amines is 1. The van der Waals surface area contributed by atoms with Gasteiger partial charge in [-0.15, -0.1) is 0 Å². The first-order chi connectivity index (χ1) is 9.22. The summed E-state index contributed by atoms with van der Waals surface area (Å²) in [5, 5.41) is 10.3. The Morgan fingerprint density at radius 2 is 2.37 bits per heavy atom. The number of hydrogen-bond donors (Lipinski definition) is 2. The van der Waals surface area contributed by atoms with Gasteiger partial charge < -0.3 is 10.2 Å². The zero-order valence-corrected chi connectivity index (χ0v) is 11.9. The Balaban J connectivity index is 2.02. The third kappa shape index (κ3) is 3.56. The fraction of sp³-hybridized carbons (Fsp3) is 0.714.